The predicted octanol–water partition coefficient (Wildman–Crippen LogP) is 3.08. The molecule has 5 heteroatoms. The lowest BCUT2D eigenvalue weighted by Gasteiger charge is -2.26. The number of likely N-dealkylation sites (tertiary alicyclic amines) is 1. The highest BCUT2D eigenvalue weighted by Crippen LogP contribution is 2.38. The summed E-state index contributed by atoms with van der Waals surface area (Å²) in [5.41, 5.74) is 1.25. The first kappa shape index (κ1) is 15.3. The number of amides is 1. The van der Waals surface area contributed by atoms with Gasteiger partial charge in [-0.15, -0.1) is 23.5 Å². The molecule has 2 heterocycles. The van der Waals surface area contributed by atoms with Crippen molar-refractivity contribution in [2.45, 2.75) is 23.1 Å². The summed E-state index contributed by atoms with van der Waals surface area (Å²) in [4.78, 5) is 18.0. The maximum absolute atomic E-state index is 12.2. The van der Waals surface area contributed by atoms with Gasteiger partial charge < -0.3 is 9.80 Å². The minimum absolute atomic E-state index is 0.205. The molecule has 2 saturated heterocycles. The lowest BCUT2D eigenvalue weighted by Crippen LogP contribution is -2.36. The van der Waals surface area contributed by atoms with Gasteiger partial charge in [-0.2, -0.15) is 0 Å². The maximum Gasteiger partial charge on any atom is 0.233 e. The van der Waals surface area contributed by atoms with E-state index in [1.807, 2.05) is 0 Å². The molecule has 114 valence electrons. The summed E-state index contributed by atoms with van der Waals surface area (Å²) in [6, 6.07) is 8.65. The topological polar surface area (TPSA) is 23.6 Å². The lowest BCUT2D eigenvalue weighted by molar-refractivity contribution is -0.128. The molecule has 0 saturated carbocycles. The van der Waals surface area contributed by atoms with Crippen LogP contribution in [0.15, 0.2) is 29.2 Å². The SMILES string of the molecule is CSc1ccc(C2SCC(=O)N2CCN2CCCC2)cc1. The second-order valence-corrected chi connectivity index (χ2v) is 7.52. The zero-order valence-electron chi connectivity index (χ0n) is 12.5. The molecule has 2 aliphatic heterocycles. The van der Waals surface area contributed by atoms with Gasteiger partial charge in [0, 0.05) is 18.0 Å². The molecule has 0 N–H and O–H groups in total. The minimum atomic E-state index is 0.205. The molecule has 2 fully saturated rings. The van der Waals surface area contributed by atoms with E-state index in [0.29, 0.717) is 5.75 Å². The summed E-state index contributed by atoms with van der Waals surface area (Å²) in [5.74, 6) is 0.910. The van der Waals surface area contributed by atoms with Crippen LogP contribution >= 0.6 is 23.5 Å². The molecule has 0 bridgehead atoms. The Kier molecular flexibility index (Phi) is 5.14. The second kappa shape index (κ2) is 7.07. The van der Waals surface area contributed by atoms with Crippen molar-refractivity contribution in [1.82, 2.24) is 9.80 Å². The molecular formula is C16H22N2OS2. The fourth-order valence-electron chi connectivity index (χ4n) is 3.00. The van der Waals surface area contributed by atoms with Crippen molar-refractivity contribution < 1.29 is 4.79 Å². The molecule has 0 radical (unpaired) electrons. The minimum Gasteiger partial charge on any atom is -0.325 e. The molecule has 3 rings (SSSR count). The lowest BCUT2D eigenvalue weighted by atomic mass is 10.2. The Hall–Kier alpha value is -0.650. The molecule has 3 nitrogen and oxygen atoms in total. The van der Waals surface area contributed by atoms with E-state index in [0.717, 1.165) is 13.1 Å². The van der Waals surface area contributed by atoms with Gasteiger partial charge in [0.15, 0.2) is 0 Å². The average Bonchev–Trinajstić information content (AvgIpc) is 3.15. The number of hydrogen-bond donors (Lipinski definition) is 0. The molecule has 1 amide bonds. The highest BCUT2D eigenvalue weighted by Gasteiger charge is 2.32. The van der Waals surface area contributed by atoms with Gasteiger partial charge in [0.25, 0.3) is 0 Å². The van der Waals surface area contributed by atoms with Gasteiger partial charge >= 0.3 is 0 Å². The standard InChI is InChI=1S/C16H22N2OS2/c1-20-14-6-4-13(5-7-14)16-18(15(19)12-21-16)11-10-17-8-2-3-9-17/h4-7,16H,2-3,8-12H2,1H3. The Balaban J connectivity index is 1.65. The number of carbonyl (C=O) groups excluding carboxylic acids is 1. The van der Waals surface area contributed by atoms with Crippen molar-refractivity contribution in [2.24, 2.45) is 0 Å². The van der Waals surface area contributed by atoms with E-state index in [1.165, 1.54) is 36.4 Å². The molecule has 0 spiro atoms. The quantitative estimate of drug-likeness (QED) is 0.777. The predicted molar refractivity (Wildman–Crippen MR) is 90.8 cm³/mol. The Morgan fingerprint density at radius 3 is 2.57 bits per heavy atom. The summed E-state index contributed by atoms with van der Waals surface area (Å²) in [6.07, 6.45) is 4.70. The van der Waals surface area contributed by atoms with Crippen molar-refractivity contribution in [3.05, 3.63) is 29.8 Å². The van der Waals surface area contributed by atoms with E-state index >= 15 is 0 Å². The van der Waals surface area contributed by atoms with Gasteiger partial charge in [-0.05, 0) is 49.9 Å². The fourth-order valence-corrected chi connectivity index (χ4v) is 4.62. The molecule has 2 aliphatic rings. The van der Waals surface area contributed by atoms with Gasteiger partial charge in [0.1, 0.15) is 5.37 Å². The van der Waals surface area contributed by atoms with Crippen LogP contribution in [0.5, 0.6) is 0 Å². The molecule has 1 aromatic rings. The number of nitrogens with zero attached hydrogens (tertiary/aromatic N) is 2. The third-order valence-electron chi connectivity index (χ3n) is 4.22. The third kappa shape index (κ3) is 3.58. The first-order valence-corrected chi connectivity index (χ1v) is 9.82. The normalized spacial score (nSPS) is 23.2. The largest absolute Gasteiger partial charge is 0.325 e. The van der Waals surface area contributed by atoms with Crippen LogP contribution in [0.4, 0.5) is 0 Å². The molecule has 1 unspecified atom stereocenters. The van der Waals surface area contributed by atoms with Gasteiger partial charge in [0.2, 0.25) is 5.91 Å². The summed E-state index contributed by atoms with van der Waals surface area (Å²) >= 11 is 3.51. The number of hydrogen-bond acceptors (Lipinski definition) is 4. The van der Waals surface area contributed by atoms with Crippen LogP contribution in [-0.2, 0) is 4.79 Å². The maximum atomic E-state index is 12.2. The van der Waals surface area contributed by atoms with E-state index in [-0.39, 0.29) is 11.3 Å². The monoisotopic (exact) mass is 322 g/mol. The van der Waals surface area contributed by atoms with Crippen molar-refractivity contribution in [2.75, 3.05) is 38.2 Å². The Bertz CT molecular complexity index is 486. The van der Waals surface area contributed by atoms with E-state index in [1.54, 1.807) is 23.5 Å². The van der Waals surface area contributed by atoms with E-state index < -0.39 is 0 Å². The van der Waals surface area contributed by atoms with Gasteiger partial charge in [-0.1, -0.05) is 12.1 Å². The summed E-state index contributed by atoms with van der Waals surface area (Å²) in [6.45, 7) is 4.27. The van der Waals surface area contributed by atoms with Crippen LogP contribution in [0.1, 0.15) is 23.8 Å². The van der Waals surface area contributed by atoms with Crippen molar-refractivity contribution >= 4 is 29.4 Å². The smallest absolute Gasteiger partial charge is 0.233 e. The second-order valence-electron chi connectivity index (χ2n) is 5.57. The van der Waals surface area contributed by atoms with Crippen molar-refractivity contribution in [1.29, 1.82) is 0 Å². The van der Waals surface area contributed by atoms with Gasteiger partial charge in [-0.3, -0.25) is 4.79 Å². The summed E-state index contributed by atoms with van der Waals surface area (Å²) in [5, 5.41) is 0.205. The zero-order chi connectivity index (χ0) is 14.7. The number of carbonyl (C=O) groups is 1. The number of thioether (sulfide) groups is 2. The Morgan fingerprint density at radius 1 is 1.19 bits per heavy atom. The highest BCUT2D eigenvalue weighted by atomic mass is 32.2. The molecule has 0 aromatic heterocycles. The fraction of sp³-hybridized carbons (Fsp3) is 0.562. The van der Waals surface area contributed by atoms with Crippen LogP contribution in [0.2, 0.25) is 0 Å². The Labute approximate surface area is 135 Å². The molecule has 1 atom stereocenters. The molecule has 0 aliphatic carbocycles. The van der Waals surface area contributed by atoms with Crippen molar-refractivity contribution in [3.63, 3.8) is 0 Å². The summed E-state index contributed by atoms with van der Waals surface area (Å²) in [7, 11) is 0. The molecular weight excluding hydrogens is 300 g/mol. The van der Waals surface area contributed by atoms with E-state index in [4.69, 9.17) is 0 Å². The number of rotatable bonds is 5. The highest BCUT2D eigenvalue weighted by molar-refractivity contribution is 8.00. The van der Waals surface area contributed by atoms with Crippen LogP contribution in [0, 0.1) is 0 Å². The molecule has 21 heavy (non-hydrogen) atoms. The van der Waals surface area contributed by atoms with Crippen LogP contribution < -0.4 is 0 Å². The third-order valence-corrected chi connectivity index (χ3v) is 6.22. The van der Waals surface area contributed by atoms with Crippen molar-refractivity contribution in [3.8, 4) is 0 Å². The van der Waals surface area contributed by atoms with Crippen LogP contribution in [0.3, 0.4) is 0 Å². The first-order chi connectivity index (χ1) is 10.3. The first-order valence-electron chi connectivity index (χ1n) is 7.55. The average molecular weight is 322 g/mol. The van der Waals surface area contributed by atoms with Crippen LogP contribution in [-0.4, -0.2) is 53.9 Å². The van der Waals surface area contributed by atoms with Crippen LogP contribution in [0.25, 0.3) is 0 Å². The number of benzene rings is 1. The van der Waals surface area contributed by atoms with E-state index in [9.17, 15) is 4.79 Å². The summed E-state index contributed by atoms with van der Waals surface area (Å²) < 4.78 is 0. The Morgan fingerprint density at radius 2 is 1.90 bits per heavy atom. The van der Waals surface area contributed by atoms with E-state index in [2.05, 4.69) is 40.3 Å². The van der Waals surface area contributed by atoms with Gasteiger partial charge in [0.05, 0.1) is 5.75 Å². The van der Waals surface area contributed by atoms with Gasteiger partial charge in [-0.25, -0.2) is 0 Å². The molecule has 1 aromatic carbocycles. The zero-order valence-corrected chi connectivity index (χ0v) is 14.1.